The first-order valence-electron chi connectivity index (χ1n) is 6.81. The van der Waals surface area contributed by atoms with E-state index < -0.39 is 0 Å². The molecular weight excluding hydrogens is 225 g/mol. The van der Waals surface area contributed by atoms with E-state index in [1.807, 2.05) is 0 Å². The van der Waals surface area contributed by atoms with Gasteiger partial charge in [0.25, 0.3) is 42.4 Å². The SMILES string of the molecule is C[CH2][Al]([CH2]C)[CH2]C.[CH3][Al]([CH3])[CH3].[CH3][Al]([CH3])[CH3]. The summed E-state index contributed by atoms with van der Waals surface area (Å²) in [4.78, 5) is 0. The monoisotopic (exact) mass is 258 g/mol. The first-order chi connectivity index (χ1) is 6.81. The van der Waals surface area contributed by atoms with Crippen molar-refractivity contribution in [3.63, 3.8) is 0 Å². The van der Waals surface area contributed by atoms with Crippen molar-refractivity contribution in [2.75, 3.05) is 0 Å². The van der Waals surface area contributed by atoms with Crippen molar-refractivity contribution in [1.29, 1.82) is 0 Å². The quantitative estimate of drug-likeness (QED) is 0.604. The Morgan fingerprint density at radius 3 is 0.667 bits per heavy atom. The Morgan fingerprint density at radius 2 is 0.667 bits per heavy atom. The lowest BCUT2D eigenvalue weighted by Crippen LogP contribution is -2.04. The summed E-state index contributed by atoms with van der Waals surface area (Å²) in [5.74, 6) is 13.8. The van der Waals surface area contributed by atoms with Gasteiger partial charge in [0.05, 0.1) is 0 Å². The maximum Gasteiger partial charge on any atom is 0.261 e. The largest absolute Gasteiger partial charge is 0.261 e. The summed E-state index contributed by atoms with van der Waals surface area (Å²) < 4.78 is 0. The van der Waals surface area contributed by atoms with Crippen molar-refractivity contribution in [3.8, 4) is 0 Å². The molecule has 0 saturated carbocycles. The molecule has 0 aliphatic carbocycles. The zero-order valence-electron chi connectivity index (χ0n) is 12.9. The Labute approximate surface area is 113 Å². The number of hydrogen-bond acceptors (Lipinski definition) is 0. The topological polar surface area (TPSA) is 0 Å². The van der Waals surface area contributed by atoms with Gasteiger partial charge >= 0.3 is 0 Å². The van der Waals surface area contributed by atoms with Crippen LogP contribution >= 0.6 is 0 Å². The molecule has 0 aromatic rings. The van der Waals surface area contributed by atoms with Crippen LogP contribution in [0.25, 0.3) is 0 Å². The van der Waals surface area contributed by atoms with Crippen molar-refractivity contribution >= 4 is 42.4 Å². The Balaban J connectivity index is -0.000000155. The van der Waals surface area contributed by atoms with E-state index in [1.54, 1.807) is 0 Å². The molecule has 0 heterocycles. The highest BCUT2D eigenvalue weighted by Crippen LogP contribution is 2.01. The van der Waals surface area contributed by atoms with Gasteiger partial charge < -0.3 is 0 Å². The van der Waals surface area contributed by atoms with Gasteiger partial charge in [-0.25, -0.2) is 0 Å². The van der Waals surface area contributed by atoms with Crippen LogP contribution in [0.4, 0.5) is 0 Å². The van der Waals surface area contributed by atoms with Crippen LogP contribution in [0.3, 0.4) is 0 Å². The number of hydrogen-bond donors (Lipinski definition) is 0. The van der Waals surface area contributed by atoms with Crippen LogP contribution in [0, 0.1) is 0 Å². The average Bonchev–Trinajstić information content (AvgIpc) is 2.05. The second-order valence-corrected chi connectivity index (χ2v) is 16.7. The Kier molecular flexibility index (Phi) is 26.2. The van der Waals surface area contributed by atoms with E-state index in [4.69, 9.17) is 0 Å². The second-order valence-electron chi connectivity index (χ2n) is 5.55. The fraction of sp³-hybridized carbons (Fsp3) is 1.00. The first-order valence-corrected chi connectivity index (χ1v) is 16.2. The molecule has 0 atom stereocenters. The van der Waals surface area contributed by atoms with E-state index in [9.17, 15) is 0 Å². The van der Waals surface area contributed by atoms with Crippen LogP contribution in [0.2, 0.25) is 50.6 Å². The van der Waals surface area contributed by atoms with Crippen LogP contribution in [-0.2, 0) is 0 Å². The van der Waals surface area contributed by atoms with Crippen molar-refractivity contribution in [3.05, 3.63) is 0 Å². The average molecular weight is 258 g/mol. The normalized spacial score (nSPS) is 7.80. The molecule has 0 radical (unpaired) electrons. The molecule has 0 rings (SSSR count). The molecule has 0 aromatic carbocycles. The summed E-state index contributed by atoms with van der Waals surface area (Å²) in [6.07, 6.45) is 0. The van der Waals surface area contributed by atoms with Crippen LogP contribution in [0.15, 0.2) is 0 Å². The van der Waals surface area contributed by atoms with E-state index in [0.717, 1.165) is 0 Å². The van der Waals surface area contributed by atoms with Gasteiger partial charge in [-0.05, 0) is 0 Å². The number of rotatable bonds is 3. The predicted molar refractivity (Wildman–Crippen MR) is 83.9 cm³/mol. The third-order valence-electron chi connectivity index (χ3n) is 1.73. The van der Waals surface area contributed by atoms with Crippen molar-refractivity contribution < 1.29 is 0 Å². The fourth-order valence-corrected chi connectivity index (χ4v) is 2.60. The molecule has 0 aliphatic heterocycles. The molecule has 0 amide bonds. The third-order valence-corrected chi connectivity index (χ3v) is 5.20. The van der Waals surface area contributed by atoms with Gasteiger partial charge in [-0.2, -0.15) is 0 Å². The standard InChI is InChI=1S/3C2H5.6CH3.3Al/c3*1-2;;;;;;;;;/h3*1H2,2H3;6*1H3;;;. The smallest absolute Gasteiger partial charge is 0.106 e. The second kappa shape index (κ2) is 18.0. The first kappa shape index (κ1) is 21.8. The van der Waals surface area contributed by atoms with E-state index in [-0.39, 0.29) is 42.4 Å². The summed E-state index contributed by atoms with van der Waals surface area (Å²) in [5, 5.41) is 4.48. The lowest BCUT2D eigenvalue weighted by Gasteiger charge is -1.97. The third kappa shape index (κ3) is 50.0. The minimum atomic E-state index is -0.171. The highest BCUT2D eigenvalue weighted by Gasteiger charge is 2.05. The molecule has 0 unspecified atom stereocenters. The van der Waals surface area contributed by atoms with Gasteiger partial charge in [-0.3, -0.25) is 0 Å². The van der Waals surface area contributed by atoms with Gasteiger partial charge in [0, 0.05) is 0 Å². The highest BCUT2D eigenvalue weighted by atomic mass is 27.2. The van der Waals surface area contributed by atoms with Crippen LogP contribution in [-0.4, -0.2) is 42.4 Å². The minimum absolute atomic E-state index is 0.139. The fourth-order valence-electron chi connectivity index (χ4n) is 0.866. The zero-order valence-corrected chi connectivity index (χ0v) is 16.3. The highest BCUT2D eigenvalue weighted by molar-refractivity contribution is 6.58. The molecule has 3 heteroatoms. The summed E-state index contributed by atoms with van der Waals surface area (Å²) in [5.41, 5.74) is 0. The van der Waals surface area contributed by atoms with Crippen LogP contribution in [0.1, 0.15) is 20.8 Å². The molecule has 0 spiro atoms. The Hall–Kier alpha value is 1.60. The molecular formula is C12H33Al3. The molecule has 15 heavy (non-hydrogen) atoms. The van der Waals surface area contributed by atoms with Crippen LogP contribution < -0.4 is 0 Å². The van der Waals surface area contributed by atoms with Crippen LogP contribution in [0.5, 0.6) is 0 Å². The lowest BCUT2D eigenvalue weighted by molar-refractivity contribution is 1.24. The lowest BCUT2D eigenvalue weighted by atomic mass is 10.9. The predicted octanol–water partition coefficient (Wildman–Crippen LogP) is 5.28. The molecule has 0 aliphatic rings. The summed E-state index contributed by atoms with van der Waals surface area (Å²) in [6, 6.07) is 0. The molecule has 0 nitrogen and oxygen atoms in total. The summed E-state index contributed by atoms with van der Waals surface area (Å²) in [7, 11) is 0. The maximum absolute atomic E-state index is 2.32. The van der Waals surface area contributed by atoms with Crippen molar-refractivity contribution in [1.82, 2.24) is 0 Å². The van der Waals surface area contributed by atoms with Gasteiger partial charge in [0.15, 0.2) is 0 Å². The molecule has 0 bridgehead atoms. The van der Waals surface area contributed by atoms with Gasteiger partial charge in [-0.15, -0.1) is 34.7 Å². The Bertz CT molecular complexity index is 71.8. The van der Waals surface area contributed by atoms with Gasteiger partial charge in [0.2, 0.25) is 0 Å². The summed E-state index contributed by atoms with van der Waals surface area (Å²) in [6.45, 7) is 6.97. The van der Waals surface area contributed by atoms with Crippen molar-refractivity contribution in [2.24, 2.45) is 0 Å². The molecule has 90 valence electrons. The van der Waals surface area contributed by atoms with Crippen molar-refractivity contribution in [2.45, 2.75) is 71.3 Å². The molecule has 0 fully saturated rings. The molecule has 0 aromatic heterocycles. The Morgan fingerprint density at radius 1 is 0.533 bits per heavy atom. The van der Waals surface area contributed by atoms with Gasteiger partial charge in [0.1, 0.15) is 0 Å². The maximum atomic E-state index is 2.32. The van der Waals surface area contributed by atoms with Gasteiger partial charge in [-0.1, -0.05) is 36.6 Å². The van der Waals surface area contributed by atoms with E-state index >= 15 is 0 Å². The molecule has 0 N–H and O–H groups in total. The van der Waals surface area contributed by atoms with E-state index in [2.05, 4.69) is 55.5 Å². The minimum Gasteiger partial charge on any atom is -0.106 e. The molecule has 0 saturated heterocycles. The van der Waals surface area contributed by atoms with E-state index in [1.165, 1.54) is 15.8 Å². The zero-order chi connectivity index (χ0) is 12.9. The van der Waals surface area contributed by atoms with E-state index in [0.29, 0.717) is 0 Å². The summed E-state index contributed by atoms with van der Waals surface area (Å²) >= 11 is -0.449.